The standard InChI is InChI=1S/C24BF20.C17H14NO/c26-5-1(6(27)14(35)21(42)13(5)34)25(2-7(28)15(36)22(43)16(37)8(2)29,3-9(30)17(38)23(44)18(39)10(3)31)4-11(32)19(40)24(45)20(41)12(4)33;19-13-17-16-9-5-4-8-15(16)10-11-18(17)12-14-6-2-1-3-7-14/h;1-11,13H,12H2/q-1;+1. The van der Waals surface area contributed by atoms with Crippen molar-refractivity contribution in [1.82, 2.24) is 0 Å². The molecule has 0 atom stereocenters. The number of aldehydes is 1. The first kappa shape index (κ1) is 46.6. The van der Waals surface area contributed by atoms with Crippen molar-refractivity contribution >= 4 is 45.1 Å². The number of nitrogens with zero attached hydrogens (tertiary/aromatic N) is 1. The molecule has 7 aromatic rings. The predicted molar refractivity (Wildman–Crippen MR) is 184 cm³/mol. The second-order valence-electron chi connectivity index (χ2n) is 13.3. The number of hydrogen-bond acceptors (Lipinski definition) is 1. The molecule has 0 unspecified atom stereocenters. The molecule has 0 N–H and O–H groups in total. The lowest BCUT2D eigenvalue weighted by atomic mass is 9.12. The number of carbonyl (C=O) groups is 1. The van der Waals surface area contributed by atoms with Crippen LogP contribution >= 0.6 is 0 Å². The summed E-state index contributed by atoms with van der Waals surface area (Å²) in [4.78, 5) is 11.4. The second-order valence-corrected chi connectivity index (χ2v) is 13.3. The number of aromatic nitrogens is 1. The highest BCUT2D eigenvalue weighted by Crippen LogP contribution is 2.31. The zero-order chi connectivity index (χ0) is 47.4. The molecular formula is C41H14BF20NO. The van der Waals surface area contributed by atoms with E-state index in [1.165, 1.54) is 5.56 Å². The summed E-state index contributed by atoms with van der Waals surface area (Å²) in [6.45, 7) is 0.708. The number of carbonyl (C=O) groups excluding carboxylic acids is 1. The molecule has 0 radical (unpaired) electrons. The van der Waals surface area contributed by atoms with Gasteiger partial charge >= 0.3 is 0 Å². The van der Waals surface area contributed by atoms with Crippen LogP contribution in [-0.4, -0.2) is 12.4 Å². The molecule has 6 aromatic carbocycles. The van der Waals surface area contributed by atoms with Crippen LogP contribution in [0, 0.1) is 116 Å². The Morgan fingerprint density at radius 1 is 0.359 bits per heavy atom. The van der Waals surface area contributed by atoms with E-state index in [-0.39, 0.29) is 0 Å². The van der Waals surface area contributed by atoms with Crippen LogP contribution in [0.4, 0.5) is 87.8 Å². The van der Waals surface area contributed by atoms with Gasteiger partial charge in [-0.25, -0.2) is 87.8 Å². The maximum absolute atomic E-state index is 15.4. The van der Waals surface area contributed by atoms with Gasteiger partial charge in [0.05, 0.1) is 5.39 Å². The Hall–Kier alpha value is -6.94. The van der Waals surface area contributed by atoms with Crippen molar-refractivity contribution in [3.8, 4) is 0 Å². The van der Waals surface area contributed by atoms with E-state index >= 15 is 35.1 Å². The minimum atomic E-state index is -7.22. The smallest absolute Gasteiger partial charge is 0.253 e. The van der Waals surface area contributed by atoms with E-state index in [1.807, 2.05) is 59.3 Å². The average molecular weight is 927 g/mol. The minimum Gasteiger partial charge on any atom is -0.291 e. The molecular weight excluding hydrogens is 913 g/mol. The summed E-state index contributed by atoms with van der Waals surface area (Å²) in [5, 5.41) is 2.09. The van der Waals surface area contributed by atoms with Crippen LogP contribution in [0.1, 0.15) is 16.1 Å². The molecule has 0 aliphatic heterocycles. The monoisotopic (exact) mass is 927 g/mol. The Morgan fingerprint density at radius 2 is 0.641 bits per heavy atom. The SMILES string of the molecule is Fc1c(F)c(F)c([B-](c2c(F)c(F)c(F)c(F)c2F)(c2c(F)c(F)c(F)c(F)c2F)c2c(F)c(F)c(F)c(F)c2F)c(F)c1F.O=Cc1c2ccccc2cc[n+]1Cc1ccccc1. The first-order chi connectivity index (χ1) is 30.1. The van der Waals surface area contributed by atoms with E-state index in [1.54, 1.807) is 0 Å². The van der Waals surface area contributed by atoms with E-state index in [0.717, 1.165) is 22.8 Å². The van der Waals surface area contributed by atoms with Gasteiger partial charge in [-0.2, -0.15) is 4.57 Å². The molecule has 0 saturated carbocycles. The van der Waals surface area contributed by atoms with Crippen LogP contribution in [0.3, 0.4) is 0 Å². The van der Waals surface area contributed by atoms with Gasteiger partial charge in [0.1, 0.15) is 52.7 Å². The lowest BCUT2D eigenvalue weighted by molar-refractivity contribution is -0.688. The molecule has 7 rings (SSSR count). The van der Waals surface area contributed by atoms with Gasteiger partial charge in [-0.1, -0.05) is 48.5 Å². The highest BCUT2D eigenvalue weighted by molar-refractivity contribution is 7.20. The number of halogens is 20. The van der Waals surface area contributed by atoms with Crippen molar-refractivity contribution < 1.29 is 97.2 Å². The fraction of sp³-hybridized carbons (Fsp3) is 0.0244. The molecule has 23 heteroatoms. The molecule has 0 saturated heterocycles. The van der Waals surface area contributed by atoms with Crippen molar-refractivity contribution in [1.29, 1.82) is 0 Å². The van der Waals surface area contributed by atoms with Crippen LogP contribution < -0.4 is 26.4 Å². The summed E-state index contributed by atoms with van der Waals surface area (Å²) in [5.41, 5.74) is -12.4. The molecule has 1 heterocycles. The molecule has 0 spiro atoms. The van der Waals surface area contributed by atoms with E-state index in [0.29, 0.717) is 6.54 Å². The van der Waals surface area contributed by atoms with Gasteiger partial charge in [-0.05, 0) is 11.5 Å². The van der Waals surface area contributed by atoms with Crippen molar-refractivity contribution in [3.05, 3.63) is 194 Å². The summed E-state index contributed by atoms with van der Waals surface area (Å²) in [7, 11) is 0. The van der Waals surface area contributed by atoms with E-state index < -0.39 is 144 Å². The molecule has 0 amide bonds. The zero-order valence-corrected chi connectivity index (χ0v) is 30.6. The van der Waals surface area contributed by atoms with Crippen LogP contribution in [0.25, 0.3) is 10.8 Å². The Bertz CT molecular complexity index is 2670. The molecule has 0 aliphatic carbocycles. The van der Waals surface area contributed by atoms with E-state index in [4.69, 9.17) is 0 Å². The normalized spacial score (nSPS) is 11.6. The topological polar surface area (TPSA) is 20.9 Å². The van der Waals surface area contributed by atoms with Crippen LogP contribution in [0.2, 0.25) is 0 Å². The van der Waals surface area contributed by atoms with Gasteiger partial charge in [0.2, 0.25) is 6.29 Å². The Kier molecular flexibility index (Phi) is 12.6. The summed E-state index contributed by atoms with van der Waals surface area (Å²) in [5.74, 6) is -71.4. The summed E-state index contributed by atoms with van der Waals surface area (Å²) >= 11 is 0. The van der Waals surface area contributed by atoms with Crippen molar-refractivity contribution in [2.45, 2.75) is 6.54 Å². The molecule has 0 bridgehead atoms. The van der Waals surface area contributed by atoms with E-state index in [9.17, 15) is 57.5 Å². The van der Waals surface area contributed by atoms with Crippen LogP contribution in [0.15, 0.2) is 66.9 Å². The number of pyridine rings is 1. The second kappa shape index (κ2) is 17.3. The third kappa shape index (κ3) is 7.05. The average Bonchev–Trinajstić information content (AvgIpc) is 3.29. The van der Waals surface area contributed by atoms with Gasteiger partial charge < -0.3 is 0 Å². The van der Waals surface area contributed by atoms with Gasteiger partial charge in [0, 0.05) is 11.6 Å². The summed E-state index contributed by atoms with van der Waals surface area (Å²) in [6.07, 6.45) is -4.31. The van der Waals surface area contributed by atoms with E-state index in [2.05, 4.69) is 12.1 Å². The summed E-state index contributed by atoms with van der Waals surface area (Å²) in [6, 6.07) is 20.2. The maximum Gasteiger partial charge on any atom is 0.253 e. The van der Waals surface area contributed by atoms with Crippen molar-refractivity contribution in [2.24, 2.45) is 0 Å². The molecule has 0 aliphatic rings. The highest BCUT2D eigenvalue weighted by Gasteiger charge is 2.52. The highest BCUT2D eigenvalue weighted by atomic mass is 19.2. The molecule has 2 nitrogen and oxygen atoms in total. The minimum absolute atomic E-state index is 0.708. The van der Waals surface area contributed by atoms with Gasteiger partial charge in [-0.15, -0.1) is 21.9 Å². The molecule has 332 valence electrons. The number of fused-ring (bicyclic) bond motifs is 1. The van der Waals surface area contributed by atoms with Gasteiger partial charge in [-0.3, -0.25) is 4.79 Å². The predicted octanol–water partition coefficient (Wildman–Crippen LogP) is 8.83. The van der Waals surface area contributed by atoms with Gasteiger partial charge in [0.25, 0.3) is 5.69 Å². The maximum atomic E-state index is 15.4. The molecule has 1 aromatic heterocycles. The fourth-order valence-electron chi connectivity index (χ4n) is 7.20. The lowest BCUT2D eigenvalue weighted by Gasteiger charge is -2.44. The third-order valence-corrected chi connectivity index (χ3v) is 9.99. The Labute approximate surface area is 343 Å². The molecule has 64 heavy (non-hydrogen) atoms. The third-order valence-electron chi connectivity index (χ3n) is 9.99. The fourth-order valence-corrected chi connectivity index (χ4v) is 7.20. The number of rotatable bonds is 7. The van der Waals surface area contributed by atoms with Crippen molar-refractivity contribution in [3.63, 3.8) is 0 Å². The Balaban J connectivity index is 0.000000295. The quantitative estimate of drug-likeness (QED) is 0.0391. The lowest BCUT2D eigenvalue weighted by Crippen LogP contribution is -2.81. The van der Waals surface area contributed by atoms with Crippen LogP contribution in [-0.2, 0) is 6.54 Å². The molecule has 0 fully saturated rings. The largest absolute Gasteiger partial charge is 0.291 e. The first-order valence-electron chi connectivity index (χ1n) is 17.2. The van der Waals surface area contributed by atoms with Gasteiger partial charge in [0.15, 0.2) is 82.5 Å². The Morgan fingerprint density at radius 3 is 0.953 bits per heavy atom. The van der Waals surface area contributed by atoms with Crippen LogP contribution in [0.5, 0.6) is 0 Å². The number of benzene rings is 6. The summed E-state index contributed by atoms with van der Waals surface area (Å²) < 4.78 is 296. The van der Waals surface area contributed by atoms with Crippen molar-refractivity contribution in [2.75, 3.05) is 0 Å². The number of hydrogen-bond donors (Lipinski definition) is 0. The zero-order valence-electron chi connectivity index (χ0n) is 30.6. The first-order valence-corrected chi connectivity index (χ1v) is 17.2.